The summed E-state index contributed by atoms with van der Waals surface area (Å²) in [5.74, 6) is 0. The molecule has 1 nitrogen and oxygen atoms in total. The Morgan fingerprint density at radius 2 is 1.26 bits per heavy atom. The predicted molar refractivity (Wildman–Crippen MR) is 167 cm³/mol. The largest absolute Gasteiger partial charge is 0.355 e. The van der Waals surface area contributed by atoms with Gasteiger partial charge in [0.25, 0.3) is 0 Å². The molecule has 0 saturated heterocycles. The van der Waals surface area contributed by atoms with Gasteiger partial charge in [-0.25, -0.2) is 0 Å². The van der Waals surface area contributed by atoms with E-state index in [4.69, 9.17) is 11.6 Å². The van der Waals surface area contributed by atoms with Gasteiger partial charge in [0.1, 0.15) is 0 Å². The lowest BCUT2D eigenvalue weighted by Gasteiger charge is -2.21. The number of nitrogens with one attached hydrogen (secondary N) is 1. The van der Waals surface area contributed by atoms with Gasteiger partial charge in [-0.15, -0.1) is 0 Å². The van der Waals surface area contributed by atoms with Crippen molar-refractivity contribution >= 4 is 33.7 Å². The van der Waals surface area contributed by atoms with Crippen molar-refractivity contribution in [3.05, 3.63) is 144 Å². The van der Waals surface area contributed by atoms with Gasteiger partial charge >= 0.3 is 0 Å². The zero-order valence-electron chi connectivity index (χ0n) is 22.0. The van der Waals surface area contributed by atoms with Crippen LogP contribution in [0.3, 0.4) is 0 Å². The lowest BCUT2D eigenvalue weighted by atomic mass is 9.82. The summed E-state index contributed by atoms with van der Waals surface area (Å²) in [4.78, 5) is 0. The molecular weight excluding hydrogens is 494 g/mol. The maximum atomic E-state index is 7.19. The van der Waals surface area contributed by atoms with Gasteiger partial charge in [0, 0.05) is 27.9 Å². The number of anilines is 2. The summed E-state index contributed by atoms with van der Waals surface area (Å²) in [5, 5.41) is 6.81. The highest BCUT2D eigenvalue weighted by Crippen LogP contribution is 2.53. The molecule has 1 aliphatic rings. The molecule has 0 bridgehead atoms. The lowest BCUT2D eigenvalue weighted by molar-refractivity contribution is 0.660. The van der Waals surface area contributed by atoms with Crippen LogP contribution in [0.1, 0.15) is 25.0 Å². The monoisotopic (exact) mass is 521 g/mol. The molecule has 39 heavy (non-hydrogen) atoms. The highest BCUT2D eigenvalue weighted by molar-refractivity contribution is 6.36. The second kappa shape index (κ2) is 9.15. The third kappa shape index (κ3) is 4.02. The van der Waals surface area contributed by atoms with Crippen LogP contribution in [0.4, 0.5) is 11.4 Å². The van der Waals surface area contributed by atoms with Gasteiger partial charge < -0.3 is 5.32 Å². The van der Waals surface area contributed by atoms with E-state index in [1.165, 1.54) is 44.2 Å². The van der Waals surface area contributed by atoms with Gasteiger partial charge in [-0.3, -0.25) is 0 Å². The molecule has 0 aliphatic heterocycles. The molecule has 0 heterocycles. The van der Waals surface area contributed by atoms with Crippen molar-refractivity contribution in [1.82, 2.24) is 0 Å². The van der Waals surface area contributed by atoms with Crippen molar-refractivity contribution in [3.63, 3.8) is 0 Å². The van der Waals surface area contributed by atoms with Gasteiger partial charge in [0.2, 0.25) is 0 Å². The van der Waals surface area contributed by atoms with E-state index < -0.39 is 0 Å². The molecule has 0 aromatic heterocycles. The Kier molecular flexibility index (Phi) is 5.58. The molecule has 1 aliphatic carbocycles. The van der Waals surface area contributed by atoms with E-state index >= 15 is 0 Å². The molecule has 0 fully saturated rings. The van der Waals surface area contributed by atoms with E-state index in [1.807, 2.05) is 6.07 Å². The van der Waals surface area contributed by atoms with Crippen LogP contribution < -0.4 is 5.32 Å². The van der Waals surface area contributed by atoms with Crippen LogP contribution in [0.5, 0.6) is 0 Å². The summed E-state index contributed by atoms with van der Waals surface area (Å²) in [7, 11) is 0. The molecule has 0 amide bonds. The SMILES string of the molecule is CC1(C)c2ccccc2-c2c1ccc(-c1ccc3ccc(Nc4cccc(-c5ccccc5)c4)cc3c1)c2Cl. The average Bonchev–Trinajstić information content (AvgIpc) is 3.20. The molecule has 0 saturated carbocycles. The van der Waals surface area contributed by atoms with Crippen LogP contribution >= 0.6 is 11.6 Å². The van der Waals surface area contributed by atoms with E-state index in [1.54, 1.807) is 0 Å². The zero-order chi connectivity index (χ0) is 26.6. The number of fused-ring (bicyclic) bond motifs is 4. The summed E-state index contributed by atoms with van der Waals surface area (Å²) in [6, 6.07) is 45.3. The molecule has 6 aromatic carbocycles. The summed E-state index contributed by atoms with van der Waals surface area (Å²) in [6.07, 6.45) is 0. The number of halogens is 1. The number of rotatable bonds is 4. The van der Waals surface area contributed by atoms with Crippen LogP contribution in [-0.2, 0) is 5.41 Å². The summed E-state index contributed by atoms with van der Waals surface area (Å²) < 4.78 is 0. The lowest BCUT2D eigenvalue weighted by Crippen LogP contribution is -2.14. The fourth-order valence-corrected chi connectivity index (χ4v) is 6.42. The van der Waals surface area contributed by atoms with Gasteiger partial charge in [-0.05, 0) is 74.5 Å². The molecule has 0 spiro atoms. The molecule has 0 atom stereocenters. The minimum Gasteiger partial charge on any atom is -0.355 e. The van der Waals surface area contributed by atoms with Gasteiger partial charge in [-0.1, -0.05) is 123 Å². The highest BCUT2D eigenvalue weighted by atomic mass is 35.5. The summed E-state index contributed by atoms with van der Waals surface area (Å²) >= 11 is 7.19. The van der Waals surface area contributed by atoms with E-state index in [0.717, 1.165) is 27.5 Å². The molecule has 188 valence electrons. The zero-order valence-corrected chi connectivity index (χ0v) is 22.8. The van der Waals surface area contributed by atoms with Crippen molar-refractivity contribution < 1.29 is 0 Å². The summed E-state index contributed by atoms with van der Waals surface area (Å²) in [5.41, 5.74) is 11.7. The van der Waals surface area contributed by atoms with Crippen molar-refractivity contribution in [2.24, 2.45) is 0 Å². The maximum Gasteiger partial charge on any atom is 0.0565 e. The minimum atomic E-state index is -0.0597. The smallest absolute Gasteiger partial charge is 0.0565 e. The molecule has 7 rings (SSSR count). The Morgan fingerprint density at radius 3 is 2.13 bits per heavy atom. The molecule has 6 aromatic rings. The standard InChI is InChI=1S/C37H28ClN/c1-37(2)33-14-7-6-13-32(33)35-34(37)20-19-31(36(35)38)27-16-15-25-17-18-30(23-28(25)21-27)39-29-12-8-11-26(22-29)24-9-4-3-5-10-24/h3-23,39H,1-2H3. The second-order valence-electron chi connectivity index (χ2n) is 10.9. The average molecular weight is 522 g/mol. The number of benzene rings is 6. The van der Waals surface area contributed by atoms with Crippen molar-refractivity contribution in [3.8, 4) is 33.4 Å². The topological polar surface area (TPSA) is 12.0 Å². The van der Waals surface area contributed by atoms with E-state index in [0.29, 0.717) is 0 Å². The van der Waals surface area contributed by atoms with E-state index in [-0.39, 0.29) is 5.41 Å². The van der Waals surface area contributed by atoms with Crippen LogP contribution in [0, 0.1) is 0 Å². The Balaban J connectivity index is 1.25. The Labute approximate surface area is 234 Å². The fraction of sp³-hybridized carbons (Fsp3) is 0.0811. The Bertz CT molecular complexity index is 1870. The normalized spacial score (nSPS) is 13.2. The Hall–Kier alpha value is -4.33. The number of hydrogen-bond donors (Lipinski definition) is 1. The fourth-order valence-electron chi connectivity index (χ4n) is 6.04. The third-order valence-electron chi connectivity index (χ3n) is 8.09. The van der Waals surface area contributed by atoms with Crippen LogP contribution in [0.2, 0.25) is 5.02 Å². The quantitative estimate of drug-likeness (QED) is 0.243. The van der Waals surface area contributed by atoms with Crippen molar-refractivity contribution in [1.29, 1.82) is 0 Å². The third-order valence-corrected chi connectivity index (χ3v) is 8.49. The molecule has 0 radical (unpaired) electrons. The van der Waals surface area contributed by atoms with Crippen LogP contribution in [0.25, 0.3) is 44.2 Å². The van der Waals surface area contributed by atoms with Crippen LogP contribution in [0.15, 0.2) is 127 Å². The molecular formula is C37H28ClN. The Morgan fingerprint density at radius 1 is 0.513 bits per heavy atom. The maximum absolute atomic E-state index is 7.19. The summed E-state index contributed by atoms with van der Waals surface area (Å²) in [6.45, 7) is 4.57. The minimum absolute atomic E-state index is 0.0597. The highest BCUT2D eigenvalue weighted by Gasteiger charge is 2.37. The van der Waals surface area contributed by atoms with Gasteiger partial charge in [0.05, 0.1) is 5.02 Å². The first-order chi connectivity index (χ1) is 19.0. The molecule has 1 N–H and O–H groups in total. The molecule has 2 heteroatoms. The van der Waals surface area contributed by atoms with Gasteiger partial charge in [0.15, 0.2) is 0 Å². The second-order valence-corrected chi connectivity index (χ2v) is 11.2. The first-order valence-electron chi connectivity index (χ1n) is 13.4. The predicted octanol–water partition coefficient (Wildman–Crippen LogP) is 10.9. The molecule has 0 unspecified atom stereocenters. The van der Waals surface area contributed by atoms with E-state index in [9.17, 15) is 0 Å². The van der Waals surface area contributed by atoms with Crippen LogP contribution in [-0.4, -0.2) is 0 Å². The van der Waals surface area contributed by atoms with Crippen molar-refractivity contribution in [2.75, 3.05) is 5.32 Å². The first-order valence-corrected chi connectivity index (χ1v) is 13.8. The first kappa shape index (κ1) is 23.8. The number of hydrogen-bond acceptors (Lipinski definition) is 1. The van der Waals surface area contributed by atoms with E-state index in [2.05, 4.69) is 140 Å². The van der Waals surface area contributed by atoms with Gasteiger partial charge in [-0.2, -0.15) is 0 Å². The van der Waals surface area contributed by atoms with Crippen molar-refractivity contribution in [2.45, 2.75) is 19.3 Å².